The Hall–Kier alpha value is -3.14. The van der Waals surface area contributed by atoms with Crippen LogP contribution in [0, 0.1) is 0 Å². The number of rotatable bonds is 5. The highest BCUT2D eigenvalue weighted by atomic mass is 16.5. The molecule has 4 heteroatoms. The van der Waals surface area contributed by atoms with Gasteiger partial charge in [-0.3, -0.25) is 0 Å². The van der Waals surface area contributed by atoms with Crippen molar-refractivity contribution in [3.8, 4) is 11.6 Å². The molecular weight excluding hydrogens is 302 g/mol. The van der Waals surface area contributed by atoms with Crippen molar-refractivity contribution in [2.24, 2.45) is 0 Å². The van der Waals surface area contributed by atoms with Crippen LogP contribution in [0.2, 0.25) is 0 Å². The molecule has 3 aromatic rings. The molecule has 0 saturated heterocycles. The topological polar surface area (TPSA) is 48.4 Å². The molecule has 0 aliphatic rings. The predicted octanol–water partition coefficient (Wildman–Crippen LogP) is 4.60. The number of hydrogen-bond donors (Lipinski definition) is 0. The molecule has 2 aromatic carbocycles. The molecule has 0 saturated carbocycles. The molecular formula is C20H17NO3. The van der Waals surface area contributed by atoms with Crippen LogP contribution in [0.25, 0.3) is 16.8 Å². The van der Waals surface area contributed by atoms with Crippen LogP contribution in [-0.4, -0.2) is 17.6 Å². The lowest BCUT2D eigenvalue weighted by Gasteiger charge is -2.11. The molecule has 3 rings (SSSR count). The summed E-state index contributed by atoms with van der Waals surface area (Å²) in [5.74, 6) is 0.779. The first-order valence-electron chi connectivity index (χ1n) is 7.73. The molecule has 0 fully saturated rings. The summed E-state index contributed by atoms with van der Waals surface area (Å²) in [5, 5.41) is 2.01. The van der Waals surface area contributed by atoms with E-state index in [0.29, 0.717) is 18.2 Å². The molecule has 1 heterocycles. The van der Waals surface area contributed by atoms with Crippen LogP contribution in [0.3, 0.4) is 0 Å². The maximum absolute atomic E-state index is 11.6. The molecule has 4 nitrogen and oxygen atoms in total. The van der Waals surface area contributed by atoms with Gasteiger partial charge in [0.1, 0.15) is 5.75 Å². The highest BCUT2D eigenvalue weighted by molar-refractivity contribution is 5.94. The van der Waals surface area contributed by atoms with Crippen molar-refractivity contribution < 1.29 is 14.3 Å². The summed E-state index contributed by atoms with van der Waals surface area (Å²) >= 11 is 0. The lowest BCUT2D eigenvalue weighted by atomic mass is 10.0. The van der Waals surface area contributed by atoms with Gasteiger partial charge < -0.3 is 9.47 Å². The summed E-state index contributed by atoms with van der Waals surface area (Å²) in [4.78, 5) is 15.8. The Morgan fingerprint density at radius 2 is 1.92 bits per heavy atom. The second-order valence-electron chi connectivity index (χ2n) is 5.06. The van der Waals surface area contributed by atoms with Gasteiger partial charge in [0.2, 0.25) is 5.88 Å². The second-order valence-corrected chi connectivity index (χ2v) is 5.06. The third-order valence-electron chi connectivity index (χ3n) is 3.44. The zero-order valence-electron chi connectivity index (χ0n) is 13.3. The fourth-order valence-electron chi connectivity index (χ4n) is 2.37. The van der Waals surface area contributed by atoms with Crippen LogP contribution in [0.15, 0.2) is 66.9 Å². The van der Waals surface area contributed by atoms with Crippen molar-refractivity contribution in [1.82, 2.24) is 4.98 Å². The zero-order valence-corrected chi connectivity index (χ0v) is 13.3. The summed E-state index contributed by atoms with van der Waals surface area (Å²) in [6.45, 7) is 2.12. The zero-order chi connectivity index (χ0) is 16.8. The lowest BCUT2D eigenvalue weighted by molar-refractivity contribution is -0.137. The van der Waals surface area contributed by atoms with E-state index in [9.17, 15) is 4.79 Å². The number of aromatic nitrogens is 1. The normalized spacial score (nSPS) is 10.9. The summed E-state index contributed by atoms with van der Waals surface area (Å²) in [5.41, 5.74) is 0.785. The molecule has 0 atom stereocenters. The number of carbonyl (C=O) groups is 1. The molecule has 1 aromatic heterocycles. The number of fused-ring (bicyclic) bond motifs is 1. The average molecular weight is 319 g/mol. The van der Waals surface area contributed by atoms with Gasteiger partial charge in [-0.2, -0.15) is 0 Å². The van der Waals surface area contributed by atoms with Gasteiger partial charge in [-0.15, -0.1) is 0 Å². The quantitative estimate of drug-likeness (QED) is 0.509. The van der Waals surface area contributed by atoms with Crippen molar-refractivity contribution in [2.45, 2.75) is 6.92 Å². The number of carbonyl (C=O) groups excluding carboxylic acids is 1. The number of nitrogens with zero attached hydrogens (tertiary/aromatic N) is 1. The van der Waals surface area contributed by atoms with Crippen molar-refractivity contribution in [2.75, 3.05) is 6.61 Å². The SMILES string of the molecule is CCOC(=O)/C=C/c1ccc2ccccc2c1Oc1ccccn1. The van der Waals surface area contributed by atoms with Crippen molar-refractivity contribution >= 4 is 22.8 Å². The van der Waals surface area contributed by atoms with Gasteiger partial charge in [-0.1, -0.05) is 42.5 Å². The van der Waals surface area contributed by atoms with E-state index < -0.39 is 0 Å². The minimum atomic E-state index is -0.380. The highest BCUT2D eigenvalue weighted by Gasteiger charge is 2.09. The van der Waals surface area contributed by atoms with E-state index in [-0.39, 0.29) is 5.97 Å². The van der Waals surface area contributed by atoms with E-state index in [4.69, 9.17) is 9.47 Å². The van der Waals surface area contributed by atoms with E-state index >= 15 is 0 Å². The Balaban J connectivity index is 2.04. The van der Waals surface area contributed by atoms with Crippen LogP contribution in [-0.2, 0) is 9.53 Å². The fourth-order valence-corrected chi connectivity index (χ4v) is 2.37. The molecule has 0 spiro atoms. The van der Waals surface area contributed by atoms with Gasteiger partial charge in [-0.25, -0.2) is 9.78 Å². The molecule has 0 aliphatic heterocycles. The monoisotopic (exact) mass is 319 g/mol. The first-order chi connectivity index (χ1) is 11.8. The van der Waals surface area contributed by atoms with Crippen LogP contribution < -0.4 is 4.74 Å². The largest absolute Gasteiger partial charge is 0.463 e. The van der Waals surface area contributed by atoms with Crippen LogP contribution >= 0.6 is 0 Å². The minimum Gasteiger partial charge on any atom is -0.463 e. The van der Waals surface area contributed by atoms with Crippen LogP contribution in [0.5, 0.6) is 11.6 Å². The number of hydrogen-bond acceptors (Lipinski definition) is 4. The molecule has 0 unspecified atom stereocenters. The Kier molecular flexibility index (Phi) is 4.87. The van der Waals surface area contributed by atoms with Gasteiger partial charge in [0.25, 0.3) is 0 Å². The maximum Gasteiger partial charge on any atom is 0.330 e. The smallest absolute Gasteiger partial charge is 0.330 e. The first kappa shape index (κ1) is 15.7. The molecule has 0 bridgehead atoms. The van der Waals surface area contributed by atoms with Crippen molar-refractivity contribution in [3.05, 3.63) is 72.4 Å². The van der Waals surface area contributed by atoms with Gasteiger partial charge in [0, 0.05) is 29.3 Å². The number of ether oxygens (including phenoxy) is 2. The third kappa shape index (κ3) is 3.60. The van der Waals surface area contributed by atoms with E-state index in [1.54, 1.807) is 25.3 Å². The maximum atomic E-state index is 11.6. The Morgan fingerprint density at radius 3 is 2.71 bits per heavy atom. The summed E-state index contributed by atoms with van der Waals surface area (Å²) < 4.78 is 10.9. The van der Waals surface area contributed by atoms with Gasteiger partial charge in [0.05, 0.1) is 6.61 Å². The molecule has 0 radical (unpaired) electrons. The molecule has 0 N–H and O–H groups in total. The molecule has 0 aliphatic carbocycles. The summed E-state index contributed by atoms with van der Waals surface area (Å²) in [6.07, 6.45) is 4.77. The summed E-state index contributed by atoms with van der Waals surface area (Å²) in [6, 6.07) is 17.3. The standard InChI is InChI=1S/C20H17NO3/c1-2-23-19(22)13-12-16-11-10-15-7-3-4-8-17(15)20(16)24-18-9-5-6-14-21-18/h3-14H,2H2,1H3/b13-12+. The number of pyridine rings is 1. The first-order valence-corrected chi connectivity index (χ1v) is 7.73. The van der Waals surface area contributed by atoms with Crippen LogP contribution in [0.1, 0.15) is 12.5 Å². The Bertz CT molecular complexity index is 872. The van der Waals surface area contributed by atoms with E-state index in [2.05, 4.69) is 4.98 Å². The van der Waals surface area contributed by atoms with Gasteiger partial charge in [0.15, 0.2) is 0 Å². The number of esters is 1. The fraction of sp³-hybridized carbons (Fsp3) is 0.100. The highest BCUT2D eigenvalue weighted by Crippen LogP contribution is 2.33. The van der Waals surface area contributed by atoms with E-state index in [1.165, 1.54) is 6.08 Å². The molecule has 120 valence electrons. The second kappa shape index (κ2) is 7.42. The molecule has 0 amide bonds. The van der Waals surface area contributed by atoms with Gasteiger partial charge in [-0.05, 0) is 24.5 Å². The van der Waals surface area contributed by atoms with Crippen molar-refractivity contribution in [1.29, 1.82) is 0 Å². The predicted molar refractivity (Wildman–Crippen MR) is 93.9 cm³/mol. The lowest BCUT2D eigenvalue weighted by Crippen LogP contribution is -1.99. The molecule has 24 heavy (non-hydrogen) atoms. The van der Waals surface area contributed by atoms with Gasteiger partial charge >= 0.3 is 5.97 Å². The Morgan fingerprint density at radius 1 is 1.08 bits per heavy atom. The third-order valence-corrected chi connectivity index (χ3v) is 3.44. The summed E-state index contributed by atoms with van der Waals surface area (Å²) in [7, 11) is 0. The van der Waals surface area contributed by atoms with Crippen molar-refractivity contribution in [3.63, 3.8) is 0 Å². The Labute approximate surface area is 140 Å². The number of benzene rings is 2. The average Bonchev–Trinajstić information content (AvgIpc) is 2.62. The van der Waals surface area contributed by atoms with Crippen LogP contribution in [0.4, 0.5) is 0 Å². The minimum absolute atomic E-state index is 0.345. The van der Waals surface area contributed by atoms with E-state index in [1.807, 2.05) is 48.5 Å². The van der Waals surface area contributed by atoms with E-state index in [0.717, 1.165) is 16.3 Å².